The van der Waals surface area contributed by atoms with E-state index >= 15 is 0 Å². The van der Waals surface area contributed by atoms with Crippen molar-refractivity contribution in [1.82, 2.24) is 20.4 Å². The highest BCUT2D eigenvalue weighted by molar-refractivity contribution is 7.80. The van der Waals surface area contributed by atoms with Crippen LogP contribution in [0.1, 0.15) is 29.6 Å². The van der Waals surface area contributed by atoms with Gasteiger partial charge in [0.15, 0.2) is 5.11 Å². The van der Waals surface area contributed by atoms with Crippen LogP contribution in [0.3, 0.4) is 0 Å². The third-order valence-corrected chi connectivity index (χ3v) is 7.28. The van der Waals surface area contributed by atoms with Crippen LogP contribution in [0.4, 0.5) is 23.2 Å². The van der Waals surface area contributed by atoms with Crippen LogP contribution in [0.25, 0.3) is 0 Å². The first kappa shape index (κ1) is 31.6. The summed E-state index contributed by atoms with van der Waals surface area (Å²) in [5.41, 5.74) is 0.545. The molecule has 0 aromatic heterocycles. The van der Waals surface area contributed by atoms with Crippen molar-refractivity contribution in [2.75, 3.05) is 58.5 Å². The van der Waals surface area contributed by atoms with Gasteiger partial charge in [0.1, 0.15) is 23.4 Å². The molecule has 42 heavy (non-hydrogen) atoms. The van der Waals surface area contributed by atoms with Crippen LogP contribution >= 0.6 is 12.2 Å². The summed E-state index contributed by atoms with van der Waals surface area (Å²) in [4.78, 5) is 17.5. The van der Waals surface area contributed by atoms with Gasteiger partial charge in [0, 0.05) is 63.5 Å². The molecule has 9 nitrogen and oxygen atoms in total. The van der Waals surface area contributed by atoms with E-state index in [0.717, 1.165) is 39.1 Å². The molecule has 2 fully saturated rings. The third kappa shape index (κ3) is 9.88. The zero-order chi connectivity index (χ0) is 30.1. The van der Waals surface area contributed by atoms with Crippen LogP contribution < -0.4 is 30.2 Å². The second kappa shape index (κ2) is 14.7. The number of piperazine rings is 1. The number of likely N-dealkylation sites (N-methyl/N-ethyl adjacent to an activating group) is 1. The lowest BCUT2D eigenvalue weighted by Gasteiger charge is -2.32. The van der Waals surface area contributed by atoms with Crippen molar-refractivity contribution in [2.45, 2.75) is 37.8 Å². The van der Waals surface area contributed by atoms with Crippen LogP contribution in [0, 0.1) is 0 Å². The summed E-state index contributed by atoms with van der Waals surface area (Å²) >= 11 is 5.34. The van der Waals surface area contributed by atoms with Gasteiger partial charge < -0.3 is 35.1 Å². The number of ether oxygens (including phenoxy) is 3. The number of benzene rings is 2. The summed E-state index contributed by atoms with van der Waals surface area (Å²) < 4.78 is 65.6. The molecule has 0 spiro atoms. The number of nitrogens with one attached hydrogen (secondary N) is 3. The SMILES string of the molecule is CN1CCN(CCNC(=O)c2cc(OC3CCC(NC(=S)Nc4cccc(OC(F)(F)F)c4)C3)ccc2OCF)CC1. The Labute approximate surface area is 247 Å². The zero-order valence-electron chi connectivity index (χ0n) is 23.2. The van der Waals surface area contributed by atoms with Gasteiger partial charge in [-0.05, 0) is 62.4 Å². The van der Waals surface area contributed by atoms with Crippen LogP contribution in [0.15, 0.2) is 42.5 Å². The summed E-state index contributed by atoms with van der Waals surface area (Å²) in [6.45, 7) is 3.95. The van der Waals surface area contributed by atoms with Crippen molar-refractivity contribution in [3.05, 3.63) is 48.0 Å². The van der Waals surface area contributed by atoms with Crippen molar-refractivity contribution in [3.8, 4) is 17.2 Å². The van der Waals surface area contributed by atoms with E-state index in [9.17, 15) is 22.4 Å². The summed E-state index contributed by atoms with van der Waals surface area (Å²) in [7, 11) is 2.08. The van der Waals surface area contributed by atoms with Crippen molar-refractivity contribution >= 4 is 28.9 Å². The molecule has 1 saturated heterocycles. The second-order valence-corrected chi connectivity index (χ2v) is 10.6. The topological polar surface area (TPSA) is 87.3 Å². The molecule has 1 aliphatic carbocycles. The number of amides is 1. The van der Waals surface area contributed by atoms with Crippen molar-refractivity contribution in [1.29, 1.82) is 0 Å². The number of alkyl halides is 4. The number of carbonyl (C=O) groups excluding carboxylic acids is 1. The van der Waals surface area contributed by atoms with Gasteiger partial charge in [-0.25, -0.2) is 4.39 Å². The van der Waals surface area contributed by atoms with Gasteiger partial charge in [-0.3, -0.25) is 9.69 Å². The molecule has 230 valence electrons. The molecule has 4 rings (SSSR count). The molecule has 0 radical (unpaired) electrons. The largest absolute Gasteiger partial charge is 0.573 e. The maximum absolute atomic E-state index is 13.0. The first-order chi connectivity index (χ1) is 20.1. The number of hydrogen-bond donors (Lipinski definition) is 3. The Morgan fingerprint density at radius 1 is 1.07 bits per heavy atom. The molecule has 14 heteroatoms. The molecule has 2 aromatic rings. The average Bonchev–Trinajstić information content (AvgIpc) is 3.36. The number of hydrogen-bond acceptors (Lipinski definition) is 7. The Bertz CT molecular complexity index is 1210. The van der Waals surface area contributed by atoms with Gasteiger partial charge in [-0.1, -0.05) is 6.07 Å². The smallest absolute Gasteiger partial charge is 0.490 e. The molecule has 1 amide bonds. The lowest BCUT2D eigenvalue weighted by atomic mass is 10.1. The van der Waals surface area contributed by atoms with E-state index in [1.54, 1.807) is 18.2 Å². The lowest BCUT2D eigenvalue weighted by molar-refractivity contribution is -0.274. The Morgan fingerprint density at radius 2 is 1.86 bits per heavy atom. The number of thiocarbonyl (C=S) groups is 1. The van der Waals surface area contributed by atoms with E-state index in [-0.39, 0.29) is 40.2 Å². The molecule has 2 aliphatic rings. The minimum Gasteiger partial charge on any atom is -0.490 e. The minimum absolute atomic E-state index is 0.0314. The number of rotatable bonds is 11. The highest BCUT2D eigenvalue weighted by Gasteiger charge is 2.31. The van der Waals surface area contributed by atoms with Crippen molar-refractivity contribution in [3.63, 3.8) is 0 Å². The van der Waals surface area contributed by atoms with E-state index in [1.165, 1.54) is 24.3 Å². The molecule has 3 N–H and O–H groups in total. The molecule has 1 heterocycles. The van der Waals surface area contributed by atoms with E-state index in [2.05, 4.69) is 37.5 Å². The normalized spacial score (nSPS) is 19.6. The van der Waals surface area contributed by atoms with Gasteiger partial charge in [0.05, 0.1) is 5.56 Å². The van der Waals surface area contributed by atoms with Crippen LogP contribution in [0.5, 0.6) is 17.2 Å². The fourth-order valence-electron chi connectivity index (χ4n) is 4.93. The molecular weight excluding hydrogens is 578 g/mol. The Kier molecular flexibility index (Phi) is 11.0. The van der Waals surface area contributed by atoms with Gasteiger partial charge in [-0.2, -0.15) is 0 Å². The quantitative estimate of drug-likeness (QED) is 0.256. The van der Waals surface area contributed by atoms with Crippen LogP contribution in [0.2, 0.25) is 0 Å². The summed E-state index contributed by atoms with van der Waals surface area (Å²) in [6.07, 6.45) is -2.90. The molecule has 1 aliphatic heterocycles. The summed E-state index contributed by atoms with van der Waals surface area (Å²) in [5, 5.41) is 9.19. The fourth-order valence-corrected chi connectivity index (χ4v) is 5.22. The van der Waals surface area contributed by atoms with Gasteiger partial charge in [0.25, 0.3) is 5.91 Å². The standard InChI is InChI=1S/C28H35F4N5O4S/c1-36-11-13-37(14-12-36)10-9-33-26(38)24-17-22(7-8-25(24)39-18-29)40-21-6-5-20(15-21)35-27(42)34-19-3-2-4-23(16-19)41-28(30,31)32/h2-4,7-8,16-17,20-21H,5-6,9-15,18H2,1H3,(H,33,38)(H2,34,35,42). The number of halogens is 4. The van der Waals surface area contributed by atoms with E-state index in [1.807, 2.05) is 0 Å². The molecule has 2 unspecified atom stereocenters. The zero-order valence-corrected chi connectivity index (χ0v) is 24.0. The van der Waals surface area contributed by atoms with E-state index in [4.69, 9.17) is 21.7 Å². The highest BCUT2D eigenvalue weighted by Crippen LogP contribution is 2.30. The number of anilines is 1. The number of carbonyl (C=O) groups is 1. The number of nitrogens with zero attached hydrogens (tertiary/aromatic N) is 2. The van der Waals surface area contributed by atoms with Gasteiger partial charge in [-0.15, -0.1) is 13.2 Å². The molecular formula is C28H35F4N5O4S. The predicted octanol–water partition coefficient (Wildman–Crippen LogP) is 4.15. The molecule has 1 saturated carbocycles. The van der Waals surface area contributed by atoms with Crippen molar-refractivity contribution < 1.29 is 36.6 Å². The van der Waals surface area contributed by atoms with E-state index in [0.29, 0.717) is 30.8 Å². The molecule has 0 bridgehead atoms. The third-order valence-electron chi connectivity index (χ3n) is 7.06. The van der Waals surface area contributed by atoms with Gasteiger partial charge >= 0.3 is 6.36 Å². The second-order valence-electron chi connectivity index (χ2n) is 10.2. The van der Waals surface area contributed by atoms with Crippen LogP contribution in [-0.2, 0) is 0 Å². The lowest BCUT2D eigenvalue weighted by Crippen LogP contribution is -2.46. The maximum Gasteiger partial charge on any atom is 0.573 e. The average molecular weight is 614 g/mol. The summed E-state index contributed by atoms with van der Waals surface area (Å²) in [6, 6.07) is 10.1. The van der Waals surface area contributed by atoms with Gasteiger partial charge in [0.2, 0.25) is 6.86 Å². The minimum atomic E-state index is -4.79. The fraction of sp³-hybridized carbons (Fsp3) is 0.500. The Balaban J connectivity index is 1.27. The predicted molar refractivity (Wildman–Crippen MR) is 154 cm³/mol. The van der Waals surface area contributed by atoms with Crippen molar-refractivity contribution in [2.24, 2.45) is 0 Å². The Hall–Kier alpha value is -3.36. The molecule has 2 aromatic carbocycles. The van der Waals surface area contributed by atoms with Crippen LogP contribution in [-0.4, -0.2) is 92.5 Å². The summed E-state index contributed by atoms with van der Waals surface area (Å²) in [5.74, 6) is -0.131. The molecule has 2 atom stereocenters. The Morgan fingerprint density at radius 3 is 2.60 bits per heavy atom. The maximum atomic E-state index is 13.0. The first-order valence-electron chi connectivity index (χ1n) is 13.7. The highest BCUT2D eigenvalue weighted by atomic mass is 32.1. The van der Waals surface area contributed by atoms with E-state index < -0.39 is 13.2 Å². The first-order valence-corrected chi connectivity index (χ1v) is 14.1. The monoisotopic (exact) mass is 613 g/mol.